The topological polar surface area (TPSA) is 68.7 Å². The van der Waals surface area contributed by atoms with Crippen LogP contribution in [0.3, 0.4) is 0 Å². The maximum absolute atomic E-state index is 11.4. The molecule has 2 aromatic carbocycles. The molecule has 0 aliphatic carbocycles. The van der Waals surface area contributed by atoms with Crippen molar-refractivity contribution in [1.82, 2.24) is 9.78 Å². The van der Waals surface area contributed by atoms with Crippen molar-refractivity contribution in [2.75, 3.05) is 6.61 Å². The quantitative estimate of drug-likeness (QED) is 0.218. The summed E-state index contributed by atoms with van der Waals surface area (Å²) in [6.45, 7) is 10.0. The van der Waals surface area contributed by atoms with Gasteiger partial charge in [0.25, 0.3) is 5.70 Å². The Bertz CT molecular complexity index is 1130. The molecule has 0 radical (unpaired) electrons. The third-order valence-corrected chi connectivity index (χ3v) is 5.11. The zero-order chi connectivity index (χ0) is 22.9. The van der Waals surface area contributed by atoms with E-state index >= 15 is 0 Å². The van der Waals surface area contributed by atoms with Crippen LogP contribution in [0, 0.1) is 6.57 Å². The first-order chi connectivity index (χ1) is 15.5. The van der Waals surface area contributed by atoms with Crippen LogP contribution in [0.25, 0.3) is 27.9 Å². The van der Waals surface area contributed by atoms with Gasteiger partial charge in [-0.3, -0.25) is 4.79 Å². The van der Waals surface area contributed by atoms with Crippen LogP contribution in [0.15, 0.2) is 60.4 Å². The molecule has 0 atom stereocenters. The van der Waals surface area contributed by atoms with Crippen molar-refractivity contribution < 1.29 is 14.6 Å². The van der Waals surface area contributed by atoms with Gasteiger partial charge in [0, 0.05) is 22.3 Å². The predicted octanol–water partition coefficient (Wildman–Crippen LogP) is 6.50. The Kier molecular flexibility index (Phi) is 8.07. The summed E-state index contributed by atoms with van der Waals surface area (Å²) in [5.41, 5.74) is 2.27. The van der Waals surface area contributed by atoms with Gasteiger partial charge >= 0.3 is 5.97 Å². The molecule has 1 aromatic heterocycles. The Morgan fingerprint density at radius 1 is 1.16 bits per heavy atom. The fourth-order valence-corrected chi connectivity index (χ4v) is 3.29. The SMILES string of the molecule is [C-]#[N+]/C(=C/c1cn(-c2ccc(Cl)cc2)nc1-c1ccc(OCCCCCC)cc1)C(=O)O. The highest BCUT2D eigenvalue weighted by Gasteiger charge is 2.15. The highest BCUT2D eigenvalue weighted by atomic mass is 35.5. The molecule has 0 amide bonds. The third-order valence-electron chi connectivity index (χ3n) is 4.86. The lowest BCUT2D eigenvalue weighted by Crippen LogP contribution is -1.97. The maximum atomic E-state index is 11.4. The minimum atomic E-state index is -1.28. The Balaban J connectivity index is 1.91. The molecule has 6 nitrogen and oxygen atoms in total. The second-order valence-corrected chi connectivity index (χ2v) is 7.67. The third kappa shape index (κ3) is 5.99. The predicted molar refractivity (Wildman–Crippen MR) is 126 cm³/mol. The zero-order valence-corrected chi connectivity index (χ0v) is 18.5. The smallest absolute Gasteiger partial charge is 0.333 e. The molecular weight excluding hydrogens is 426 g/mol. The Hall–Kier alpha value is -3.56. The molecule has 0 saturated heterocycles. The fourth-order valence-electron chi connectivity index (χ4n) is 3.16. The highest BCUT2D eigenvalue weighted by Crippen LogP contribution is 2.28. The van der Waals surface area contributed by atoms with E-state index in [1.54, 1.807) is 23.0 Å². The van der Waals surface area contributed by atoms with Crippen LogP contribution in [0.1, 0.15) is 38.2 Å². The summed E-state index contributed by atoms with van der Waals surface area (Å²) < 4.78 is 7.44. The van der Waals surface area contributed by atoms with Crippen LogP contribution in [0.4, 0.5) is 0 Å². The highest BCUT2D eigenvalue weighted by molar-refractivity contribution is 6.30. The van der Waals surface area contributed by atoms with Gasteiger partial charge in [-0.1, -0.05) is 37.8 Å². The summed E-state index contributed by atoms with van der Waals surface area (Å²) in [5.74, 6) is -0.510. The second kappa shape index (κ2) is 11.2. The number of carboxylic acid groups (broad SMARTS) is 1. The van der Waals surface area contributed by atoms with E-state index in [1.165, 1.54) is 18.9 Å². The van der Waals surface area contributed by atoms with Crippen molar-refractivity contribution in [2.24, 2.45) is 0 Å². The van der Waals surface area contributed by atoms with Crippen molar-refractivity contribution in [3.05, 3.63) is 82.4 Å². The van der Waals surface area contributed by atoms with E-state index in [9.17, 15) is 9.90 Å². The number of hydrogen-bond donors (Lipinski definition) is 1. The molecule has 7 heteroatoms. The normalized spacial score (nSPS) is 11.2. The van der Waals surface area contributed by atoms with E-state index in [-0.39, 0.29) is 5.70 Å². The molecule has 3 rings (SSSR count). The van der Waals surface area contributed by atoms with Gasteiger partial charge in [0.05, 0.1) is 24.6 Å². The lowest BCUT2D eigenvalue weighted by Gasteiger charge is -2.07. The van der Waals surface area contributed by atoms with Gasteiger partial charge in [-0.15, -0.1) is 0 Å². The number of rotatable bonds is 10. The van der Waals surface area contributed by atoms with E-state index in [4.69, 9.17) is 22.9 Å². The second-order valence-electron chi connectivity index (χ2n) is 7.23. The fraction of sp³-hybridized carbons (Fsp3) is 0.240. The van der Waals surface area contributed by atoms with Crippen molar-refractivity contribution in [1.29, 1.82) is 0 Å². The minimum Gasteiger partial charge on any atom is -0.494 e. The number of aromatic nitrogens is 2. The van der Waals surface area contributed by atoms with Crippen LogP contribution >= 0.6 is 11.6 Å². The molecule has 32 heavy (non-hydrogen) atoms. The van der Waals surface area contributed by atoms with Gasteiger partial charge in [-0.25, -0.2) is 9.53 Å². The summed E-state index contributed by atoms with van der Waals surface area (Å²) in [4.78, 5) is 14.5. The first-order valence-electron chi connectivity index (χ1n) is 10.4. The van der Waals surface area contributed by atoms with Crippen molar-refractivity contribution >= 4 is 23.6 Å². The Labute approximate surface area is 192 Å². The van der Waals surface area contributed by atoms with E-state index in [0.717, 1.165) is 29.8 Å². The summed E-state index contributed by atoms with van der Waals surface area (Å²) in [6.07, 6.45) is 7.60. The Morgan fingerprint density at radius 3 is 2.50 bits per heavy atom. The molecule has 0 unspecified atom stereocenters. The molecule has 0 saturated carbocycles. The number of benzene rings is 2. The van der Waals surface area contributed by atoms with Gasteiger partial charge in [0.2, 0.25) is 0 Å². The maximum Gasteiger partial charge on any atom is 0.333 e. The molecule has 1 N–H and O–H groups in total. The first-order valence-corrected chi connectivity index (χ1v) is 10.8. The zero-order valence-electron chi connectivity index (χ0n) is 17.8. The van der Waals surface area contributed by atoms with Gasteiger partial charge in [-0.05, 0) is 61.0 Å². The lowest BCUT2D eigenvalue weighted by molar-refractivity contribution is -0.132. The number of nitrogens with zero attached hydrogens (tertiary/aromatic N) is 3. The van der Waals surface area contributed by atoms with E-state index in [1.807, 2.05) is 36.4 Å². The molecule has 0 fully saturated rings. The van der Waals surface area contributed by atoms with Crippen LogP contribution in [0.2, 0.25) is 5.02 Å². The van der Waals surface area contributed by atoms with Crippen LogP contribution in [-0.2, 0) is 4.79 Å². The summed E-state index contributed by atoms with van der Waals surface area (Å²) in [6, 6.07) is 14.6. The molecule has 0 bridgehead atoms. The average Bonchev–Trinajstić information content (AvgIpc) is 3.22. The monoisotopic (exact) mass is 449 g/mol. The van der Waals surface area contributed by atoms with Gasteiger partial charge in [0.15, 0.2) is 0 Å². The molecule has 0 aliphatic rings. The molecule has 164 valence electrons. The summed E-state index contributed by atoms with van der Waals surface area (Å²) in [5, 5.41) is 14.5. The largest absolute Gasteiger partial charge is 0.494 e. The number of carboxylic acids is 1. The minimum absolute atomic E-state index is 0.381. The molecule has 3 aromatic rings. The van der Waals surface area contributed by atoms with E-state index in [2.05, 4.69) is 16.9 Å². The number of aliphatic carboxylic acids is 1. The molecular formula is C25H24ClN3O3. The number of hydrogen-bond acceptors (Lipinski definition) is 3. The van der Waals surface area contributed by atoms with Crippen LogP contribution in [0.5, 0.6) is 5.75 Å². The average molecular weight is 450 g/mol. The van der Waals surface area contributed by atoms with Crippen molar-refractivity contribution in [3.8, 4) is 22.7 Å². The molecule has 1 heterocycles. The number of carbonyl (C=O) groups is 1. The first kappa shape index (κ1) is 23.1. The number of halogens is 1. The number of unbranched alkanes of at least 4 members (excludes halogenated alkanes) is 3. The van der Waals surface area contributed by atoms with Crippen LogP contribution < -0.4 is 4.74 Å². The molecule has 0 aliphatic heterocycles. The van der Waals surface area contributed by atoms with E-state index < -0.39 is 5.97 Å². The number of ether oxygens (including phenoxy) is 1. The van der Waals surface area contributed by atoms with Gasteiger partial charge in [0.1, 0.15) is 5.75 Å². The standard InChI is InChI=1S/C25H24ClN3O3/c1-3-4-5-6-15-32-22-13-7-18(8-14-22)24-19(16-23(27-2)25(30)31)17-29(28-24)21-11-9-20(26)10-12-21/h7-14,16-17H,3-6,15H2,1H3,(H,30,31)/b23-16+. The van der Waals surface area contributed by atoms with Crippen molar-refractivity contribution in [2.45, 2.75) is 32.6 Å². The molecule has 0 spiro atoms. The summed E-state index contributed by atoms with van der Waals surface area (Å²) >= 11 is 5.98. The summed E-state index contributed by atoms with van der Waals surface area (Å²) in [7, 11) is 0. The van der Waals surface area contributed by atoms with Crippen molar-refractivity contribution in [3.63, 3.8) is 0 Å². The van der Waals surface area contributed by atoms with Gasteiger partial charge in [-0.2, -0.15) is 5.10 Å². The lowest BCUT2D eigenvalue weighted by atomic mass is 10.1. The Morgan fingerprint density at radius 2 is 1.88 bits per heavy atom. The van der Waals surface area contributed by atoms with Crippen LogP contribution in [-0.4, -0.2) is 27.5 Å². The van der Waals surface area contributed by atoms with Gasteiger partial charge < -0.3 is 9.84 Å². The van der Waals surface area contributed by atoms with E-state index in [0.29, 0.717) is 22.9 Å².